The number of nitrogens with zero attached hydrogens (tertiary/aromatic N) is 6. The van der Waals surface area contributed by atoms with Crippen LogP contribution >= 0.6 is 0 Å². The van der Waals surface area contributed by atoms with E-state index >= 15 is 0 Å². The van der Waals surface area contributed by atoms with E-state index in [4.69, 9.17) is 0 Å². The highest BCUT2D eigenvalue weighted by molar-refractivity contribution is 7.20. The Labute approximate surface area is 334 Å². The summed E-state index contributed by atoms with van der Waals surface area (Å²) < 4.78 is 128. The quantitative estimate of drug-likeness (QED) is 0.0721. The van der Waals surface area contributed by atoms with Crippen LogP contribution in [-0.4, -0.2) is 38.0 Å². The topological polar surface area (TPSA) is 77.3 Å². The number of halogens is 9. The minimum absolute atomic E-state index is 0.147. The average Bonchev–Trinajstić information content (AvgIpc) is 3.23. The first-order valence-electron chi connectivity index (χ1n) is 18.2. The van der Waals surface area contributed by atoms with Crippen molar-refractivity contribution in [1.29, 1.82) is 0 Å². The maximum absolute atomic E-state index is 14.4. The van der Waals surface area contributed by atoms with Crippen LogP contribution in [0.1, 0.15) is 23.3 Å². The molecule has 298 valence electrons. The molecule has 7 aromatic carbocycles. The fourth-order valence-electron chi connectivity index (χ4n) is 8.10. The summed E-state index contributed by atoms with van der Waals surface area (Å²) in [5.41, 5.74) is 0.0437. The SMILES string of the molecule is Cc1nc(-c2ccc3ccc4c(-c5nc(C(F)(F)F)nc(C(F)(F)F)n5)cc([Si](c5ccccc5)(c5ccccc5)c5ccccc5)c5ccc2c3c45)nc(C(F)(F)F)n1. The third kappa shape index (κ3) is 6.38. The maximum atomic E-state index is 14.4. The van der Waals surface area contributed by atoms with Crippen LogP contribution in [0.5, 0.6) is 0 Å². The van der Waals surface area contributed by atoms with Crippen LogP contribution in [0.3, 0.4) is 0 Å². The van der Waals surface area contributed by atoms with Gasteiger partial charge in [0, 0.05) is 11.1 Å². The van der Waals surface area contributed by atoms with Crippen molar-refractivity contribution in [2.45, 2.75) is 25.5 Å². The summed E-state index contributed by atoms with van der Waals surface area (Å²) in [6, 6.07) is 39.8. The molecule has 0 unspecified atom stereocenters. The second-order valence-corrected chi connectivity index (χ2v) is 17.8. The normalized spacial score (nSPS) is 12.8. The van der Waals surface area contributed by atoms with E-state index in [1.807, 2.05) is 91.0 Å². The summed E-state index contributed by atoms with van der Waals surface area (Å²) >= 11 is 0. The zero-order chi connectivity index (χ0) is 42.2. The molecule has 0 saturated heterocycles. The Balaban J connectivity index is 1.51. The van der Waals surface area contributed by atoms with Gasteiger partial charge in [-0.25, -0.2) is 29.9 Å². The van der Waals surface area contributed by atoms with Gasteiger partial charge in [0.15, 0.2) is 19.7 Å². The molecule has 0 aliphatic heterocycles. The fourth-order valence-corrected chi connectivity index (χ4v) is 13.1. The standard InChI is InChI=1S/C44H25F9N6Si/c1-24-54-37(56-39(55-24)42(45,46)47)31-20-18-25-17-19-30-33(38-57-40(43(48,49)50)59-41(58-38)44(51,52)53)23-34(32-22-21-29(31)35(25)36(30)32)60(26-11-5-2-6-12-26,27-13-7-3-8-14-27)28-15-9-4-10-16-28/h2-23H,1H3. The molecule has 0 spiro atoms. The zero-order valence-electron chi connectivity index (χ0n) is 30.8. The molecule has 0 aliphatic rings. The first kappa shape index (κ1) is 38.7. The van der Waals surface area contributed by atoms with Crippen LogP contribution in [0, 0.1) is 6.92 Å². The molecule has 2 heterocycles. The summed E-state index contributed by atoms with van der Waals surface area (Å²) in [5.74, 6) is -6.81. The van der Waals surface area contributed by atoms with Crippen molar-refractivity contribution in [2.75, 3.05) is 0 Å². The molecule has 0 fully saturated rings. The Bertz CT molecular complexity index is 2940. The Morgan fingerprint density at radius 2 is 0.817 bits per heavy atom. The summed E-state index contributed by atoms with van der Waals surface area (Å²) in [5, 5.41) is 5.69. The van der Waals surface area contributed by atoms with Crippen LogP contribution < -0.4 is 20.7 Å². The molecule has 0 bridgehead atoms. The van der Waals surface area contributed by atoms with Crippen LogP contribution in [0.25, 0.3) is 55.1 Å². The number of hydrogen-bond donors (Lipinski definition) is 0. The number of aromatic nitrogens is 6. The second-order valence-electron chi connectivity index (χ2n) is 14.0. The number of rotatable bonds is 6. The predicted molar refractivity (Wildman–Crippen MR) is 211 cm³/mol. The fraction of sp³-hybridized carbons (Fsp3) is 0.0909. The van der Waals surface area contributed by atoms with Crippen LogP contribution in [0.2, 0.25) is 0 Å². The van der Waals surface area contributed by atoms with Gasteiger partial charge >= 0.3 is 18.5 Å². The van der Waals surface area contributed by atoms with Crippen molar-refractivity contribution in [3.8, 4) is 22.8 Å². The molecule has 0 aliphatic carbocycles. The average molecular weight is 837 g/mol. The zero-order valence-corrected chi connectivity index (χ0v) is 31.8. The molecule has 0 atom stereocenters. The molecular formula is C44H25F9N6Si. The highest BCUT2D eigenvalue weighted by atomic mass is 28.3. The Morgan fingerprint density at radius 1 is 0.400 bits per heavy atom. The van der Waals surface area contributed by atoms with E-state index in [1.54, 1.807) is 42.5 Å². The summed E-state index contributed by atoms with van der Waals surface area (Å²) in [7, 11) is -3.64. The largest absolute Gasteiger partial charge is 0.451 e. The van der Waals surface area contributed by atoms with Gasteiger partial charge in [-0.3, -0.25) is 0 Å². The highest BCUT2D eigenvalue weighted by Gasteiger charge is 2.45. The lowest BCUT2D eigenvalue weighted by atomic mass is 9.89. The first-order valence-corrected chi connectivity index (χ1v) is 20.2. The second kappa shape index (κ2) is 13.9. The Morgan fingerprint density at radius 3 is 1.32 bits per heavy atom. The first-order chi connectivity index (χ1) is 28.5. The molecule has 9 aromatic rings. The highest BCUT2D eigenvalue weighted by Crippen LogP contribution is 2.43. The molecule has 6 nitrogen and oxygen atoms in total. The van der Waals surface area contributed by atoms with Gasteiger partial charge in [-0.2, -0.15) is 39.5 Å². The summed E-state index contributed by atoms with van der Waals surface area (Å²) in [6.07, 6.45) is -15.7. The minimum Gasteiger partial charge on any atom is -0.213 e. The van der Waals surface area contributed by atoms with Gasteiger partial charge in [0.2, 0.25) is 17.5 Å². The summed E-state index contributed by atoms with van der Waals surface area (Å²) in [4.78, 5) is 21.6. The molecule has 16 heteroatoms. The number of benzene rings is 7. The molecule has 0 saturated carbocycles. The number of hydrogen-bond acceptors (Lipinski definition) is 6. The predicted octanol–water partition coefficient (Wildman–Crippen LogP) is 9.03. The van der Waals surface area contributed by atoms with Gasteiger partial charge in [-0.1, -0.05) is 121 Å². The third-order valence-corrected chi connectivity index (χ3v) is 15.3. The Hall–Kier alpha value is -6.81. The molecule has 0 amide bonds. The smallest absolute Gasteiger partial charge is 0.213 e. The van der Waals surface area contributed by atoms with Crippen molar-refractivity contribution >= 4 is 61.1 Å². The monoisotopic (exact) mass is 836 g/mol. The third-order valence-electron chi connectivity index (χ3n) is 10.4. The molecule has 0 radical (unpaired) electrons. The van der Waals surface area contributed by atoms with E-state index in [-0.39, 0.29) is 28.2 Å². The van der Waals surface area contributed by atoms with E-state index in [0.717, 1.165) is 15.6 Å². The van der Waals surface area contributed by atoms with Gasteiger partial charge in [0.1, 0.15) is 5.82 Å². The van der Waals surface area contributed by atoms with Crippen molar-refractivity contribution in [3.05, 3.63) is 157 Å². The lowest BCUT2D eigenvalue weighted by molar-refractivity contribution is -0.155. The van der Waals surface area contributed by atoms with Crippen LogP contribution in [0.15, 0.2) is 133 Å². The van der Waals surface area contributed by atoms with Crippen LogP contribution in [0.4, 0.5) is 39.5 Å². The van der Waals surface area contributed by atoms with Crippen molar-refractivity contribution < 1.29 is 39.5 Å². The van der Waals surface area contributed by atoms with E-state index in [2.05, 4.69) is 29.9 Å². The maximum Gasteiger partial charge on any atom is 0.451 e. The van der Waals surface area contributed by atoms with Gasteiger partial charge in [-0.15, -0.1) is 0 Å². The van der Waals surface area contributed by atoms with Gasteiger partial charge in [0.25, 0.3) is 0 Å². The molecule has 9 rings (SSSR count). The minimum atomic E-state index is -5.38. The van der Waals surface area contributed by atoms with Gasteiger partial charge < -0.3 is 0 Å². The molecule has 2 aromatic heterocycles. The lowest BCUT2D eigenvalue weighted by Gasteiger charge is -2.36. The number of alkyl halides is 9. The summed E-state index contributed by atoms with van der Waals surface area (Å²) in [6.45, 7) is 1.30. The molecule has 0 N–H and O–H groups in total. The van der Waals surface area contributed by atoms with Gasteiger partial charge in [-0.05, 0) is 72.1 Å². The lowest BCUT2D eigenvalue weighted by Crippen LogP contribution is -2.74. The number of aryl methyl sites for hydroxylation is 1. The van der Waals surface area contributed by atoms with E-state index in [0.29, 0.717) is 32.1 Å². The molecular weight excluding hydrogens is 812 g/mol. The van der Waals surface area contributed by atoms with Crippen molar-refractivity contribution in [2.24, 2.45) is 0 Å². The Kier molecular flexibility index (Phi) is 8.96. The van der Waals surface area contributed by atoms with Crippen molar-refractivity contribution in [1.82, 2.24) is 29.9 Å². The van der Waals surface area contributed by atoms with E-state index < -0.39 is 49.9 Å². The van der Waals surface area contributed by atoms with Gasteiger partial charge in [0.05, 0.1) is 0 Å². The van der Waals surface area contributed by atoms with Crippen LogP contribution in [-0.2, 0) is 18.5 Å². The van der Waals surface area contributed by atoms with Crippen molar-refractivity contribution in [3.63, 3.8) is 0 Å². The van der Waals surface area contributed by atoms with E-state index in [9.17, 15) is 39.5 Å². The molecule has 60 heavy (non-hydrogen) atoms. The van der Waals surface area contributed by atoms with E-state index in [1.165, 1.54) is 6.92 Å².